The van der Waals surface area contributed by atoms with Gasteiger partial charge in [-0.25, -0.2) is 0 Å². The molecule has 0 amide bonds. The molecule has 0 aliphatic heterocycles. The molecule has 0 aromatic heterocycles. The molecular formula is C22H29NO3Si. The highest BCUT2D eigenvalue weighted by atomic mass is 28.4. The zero-order valence-electron chi connectivity index (χ0n) is 16.6. The molecule has 0 aliphatic carbocycles. The first kappa shape index (κ1) is 20.9. The van der Waals surface area contributed by atoms with Gasteiger partial charge in [0.15, 0.2) is 0 Å². The molecule has 1 atom stereocenters. The van der Waals surface area contributed by atoms with E-state index in [1.165, 1.54) is 0 Å². The van der Waals surface area contributed by atoms with Crippen LogP contribution in [0.25, 0.3) is 6.08 Å². The van der Waals surface area contributed by atoms with Crippen molar-refractivity contribution >= 4 is 26.1 Å². The van der Waals surface area contributed by atoms with Crippen LogP contribution in [-0.2, 0) is 14.1 Å². The summed E-state index contributed by atoms with van der Waals surface area (Å²) in [5.41, 5.74) is 2.00. The number of hydroxylamine groups is 1. The van der Waals surface area contributed by atoms with Crippen LogP contribution < -0.4 is 5.06 Å². The van der Waals surface area contributed by atoms with Crippen LogP contribution in [0, 0.1) is 0 Å². The molecule has 0 fully saturated rings. The third kappa shape index (κ3) is 7.41. The molecule has 0 spiro atoms. The SMILES string of the molecule is CCOC(=O)CC(/C=C/c1ccccc1)N(O[Si](C)(C)C)c1ccccc1. The number of carbonyl (C=O) groups excluding carboxylic acids is 1. The lowest BCUT2D eigenvalue weighted by molar-refractivity contribution is -0.143. The van der Waals surface area contributed by atoms with Crippen LogP contribution in [0.2, 0.25) is 19.6 Å². The number of rotatable bonds is 9. The van der Waals surface area contributed by atoms with Gasteiger partial charge in [0.05, 0.1) is 24.8 Å². The van der Waals surface area contributed by atoms with E-state index in [1.54, 1.807) is 0 Å². The van der Waals surface area contributed by atoms with Crippen molar-refractivity contribution in [2.75, 3.05) is 11.7 Å². The van der Waals surface area contributed by atoms with E-state index in [2.05, 4.69) is 19.6 Å². The van der Waals surface area contributed by atoms with Crippen molar-refractivity contribution in [1.29, 1.82) is 0 Å². The molecule has 0 N–H and O–H groups in total. The monoisotopic (exact) mass is 383 g/mol. The summed E-state index contributed by atoms with van der Waals surface area (Å²) in [4.78, 5) is 12.2. The fourth-order valence-corrected chi connectivity index (χ4v) is 3.42. The van der Waals surface area contributed by atoms with Gasteiger partial charge < -0.3 is 9.26 Å². The van der Waals surface area contributed by atoms with Crippen molar-refractivity contribution in [1.82, 2.24) is 0 Å². The first-order valence-electron chi connectivity index (χ1n) is 9.31. The number of carbonyl (C=O) groups is 1. The molecule has 5 heteroatoms. The number of nitrogens with zero attached hydrogens (tertiary/aromatic N) is 1. The second kappa shape index (κ2) is 10.1. The topological polar surface area (TPSA) is 38.8 Å². The summed E-state index contributed by atoms with van der Waals surface area (Å²) in [6.07, 6.45) is 4.25. The Balaban J connectivity index is 2.35. The van der Waals surface area contributed by atoms with Gasteiger partial charge in [-0.2, -0.15) is 0 Å². The molecular weight excluding hydrogens is 354 g/mol. The molecule has 2 rings (SSSR count). The molecule has 27 heavy (non-hydrogen) atoms. The normalized spacial score (nSPS) is 12.7. The summed E-state index contributed by atoms with van der Waals surface area (Å²) < 4.78 is 11.6. The van der Waals surface area contributed by atoms with Crippen LogP contribution in [0.15, 0.2) is 66.7 Å². The van der Waals surface area contributed by atoms with Crippen LogP contribution >= 0.6 is 0 Å². The van der Waals surface area contributed by atoms with Crippen molar-refractivity contribution in [2.24, 2.45) is 0 Å². The molecule has 0 saturated carbocycles. The number of para-hydroxylation sites is 1. The van der Waals surface area contributed by atoms with Gasteiger partial charge in [-0.3, -0.25) is 9.86 Å². The summed E-state index contributed by atoms with van der Waals surface area (Å²) in [6, 6.07) is 19.7. The third-order valence-electron chi connectivity index (χ3n) is 3.68. The van der Waals surface area contributed by atoms with Crippen molar-refractivity contribution in [3.05, 3.63) is 72.3 Å². The van der Waals surface area contributed by atoms with E-state index in [-0.39, 0.29) is 18.4 Å². The Bertz CT molecular complexity index is 726. The Morgan fingerprint density at radius 3 is 2.19 bits per heavy atom. The Morgan fingerprint density at radius 2 is 1.63 bits per heavy atom. The van der Waals surface area contributed by atoms with Gasteiger partial charge in [0.1, 0.15) is 0 Å². The second-order valence-electron chi connectivity index (χ2n) is 7.21. The van der Waals surface area contributed by atoms with E-state index >= 15 is 0 Å². The molecule has 0 heterocycles. The second-order valence-corrected chi connectivity index (χ2v) is 11.6. The van der Waals surface area contributed by atoms with E-state index in [9.17, 15) is 4.79 Å². The van der Waals surface area contributed by atoms with Gasteiger partial charge in [-0.05, 0) is 44.3 Å². The Hall–Kier alpha value is -2.37. The van der Waals surface area contributed by atoms with Gasteiger partial charge in [0, 0.05) is 0 Å². The minimum Gasteiger partial charge on any atom is -0.466 e. The van der Waals surface area contributed by atoms with Crippen molar-refractivity contribution in [3.63, 3.8) is 0 Å². The minimum atomic E-state index is -1.90. The van der Waals surface area contributed by atoms with Crippen molar-refractivity contribution in [2.45, 2.75) is 39.0 Å². The van der Waals surface area contributed by atoms with Crippen LogP contribution in [0.5, 0.6) is 0 Å². The lowest BCUT2D eigenvalue weighted by atomic mass is 10.1. The first-order chi connectivity index (χ1) is 12.9. The number of hydrogen-bond donors (Lipinski definition) is 0. The summed E-state index contributed by atoms with van der Waals surface area (Å²) in [5, 5.41) is 1.86. The molecule has 0 bridgehead atoms. The number of esters is 1. The molecule has 1 unspecified atom stereocenters. The Kier molecular flexibility index (Phi) is 7.82. The Morgan fingerprint density at radius 1 is 1.04 bits per heavy atom. The average molecular weight is 384 g/mol. The molecule has 2 aromatic rings. The maximum atomic E-state index is 12.2. The maximum absolute atomic E-state index is 12.2. The standard InChI is InChI=1S/C22H29NO3Si/c1-5-25-22(24)18-21(17-16-19-12-8-6-9-13-19)23(26-27(2,3)4)20-14-10-7-11-15-20/h6-17,21H,5,18H2,1-4H3/b17-16+. The number of benzene rings is 2. The maximum Gasteiger partial charge on any atom is 0.308 e. The lowest BCUT2D eigenvalue weighted by Gasteiger charge is -2.35. The van der Waals surface area contributed by atoms with E-state index in [0.717, 1.165) is 11.3 Å². The van der Waals surface area contributed by atoms with Crippen LogP contribution in [0.3, 0.4) is 0 Å². The Labute approximate surface area is 163 Å². The van der Waals surface area contributed by atoms with Gasteiger partial charge in [-0.1, -0.05) is 60.7 Å². The minimum absolute atomic E-state index is 0.219. The quantitative estimate of drug-likeness (QED) is 0.335. The van der Waals surface area contributed by atoms with E-state index in [4.69, 9.17) is 9.26 Å². The first-order valence-corrected chi connectivity index (χ1v) is 12.7. The predicted molar refractivity (Wildman–Crippen MR) is 114 cm³/mol. The zero-order chi connectivity index (χ0) is 19.7. The summed E-state index contributed by atoms with van der Waals surface area (Å²) >= 11 is 0. The fraction of sp³-hybridized carbons (Fsp3) is 0.318. The molecule has 4 nitrogen and oxygen atoms in total. The summed E-state index contributed by atoms with van der Waals surface area (Å²) in [7, 11) is -1.90. The fourth-order valence-electron chi connectivity index (χ4n) is 2.59. The highest BCUT2D eigenvalue weighted by Crippen LogP contribution is 2.24. The van der Waals surface area contributed by atoms with E-state index < -0.39 is 8.32 Å². The third-order valence-corrected chi connectivity index (χ3v) is 4.42. The average Bonchev–Trinajstić information content (AvgIpc) is 2.64. The highest BCUT2D eigenvalue weighted by molar-refractivity contribution is 6.69. The molecule has 0 saturated heterocycles. The van der Waals surface area contributed by atoms with E-state index in [1.807, 2.05) is 84.8 Å². The van der Waals surface area contributed by atoms with Gasteiger partial charge >= 0.3 is 5.97 Å². The highest BCUT2D eigenvalue weighted by Gasteiger charge is 2.27. The van der Waals surface area contributed by atoms with Crippen molar-refractivity contribution in [3.8, 4) is 0 Å². The van der Waals surface area contributed by atoms with Crippen LogP contribution in [-0.4, -0.2) is 26.9 Å². The van der Waals surface area contributed by atoms with Crippen molar-refractivity contribution < 1.29 is 14.1 Å². The summed E-state index contributed by atoms with van der Waals surface area (Å²) in [5.74, 6) is -0.236. The molecule has 0 radical (unpaired) electrons. The largest absolute Gasteiger partial charge is 0.466 e. The lowest BCUT2D eigenvalue weighted by Crippen LogP contribution is -2.44. The number of hydrogen-bond acceptors (Lipinski definition) is 4. The van der Waals surface area contributed by atoms with Gasteiger partial charge in [0.2, 0.25) is 8.32 Å². The zero-order valence-corrected chi connectivity index (χ0v) is 17.6. The van der Waals surface area contributed by atoms with E-state index in [0.29, 0.717) is 6.61 Å². The van der Waals surface area contributed by atoms with Crippen LogP contribution in [0.4, 0.5) is 5.69 Å². The number of anilines is 1. The van der Waals surface area contributed by atoms with Gasteiger partial charge in [-0.15, -0.1) is 0 Å². The molecule has 2 aromatic carbocycles. The number of ether oxygens (including phenoxy) is 1. The van der Waals surface area contributed by atoms with Crippen LogP contribution in [0.1, 0.15) is 18.9 Å². The molecule has 144 valence electrons. The molecule has 0 aliphatic rings. The smallest absolute Gasteiger partial charge is 0.308 e. The summed E-state index contributed by atoms with van der Waals surface area (Å²) in [6.45, 7) is 8.58. The predicted octanol–water partition coefficient (Wildman–Crippen LogP) is 5.29. The van der Waals surface area contributed by atoms with Gasteiger partial charge in [0.25, 0.3) is 0 Å².